The van der Waals surface area contributed by atoms with Crippen LogP contribution in [0.4, 0.5) is 0 Å². The van der Waals surface area contributed by atoms with Crippen molar-refractivity contribution in [2.24, 2.45) is 0 Å². The fourth-order valence-corrected chi connectivity index (χ4v) is 4.13. The molecule has 96 valence electrons. The molecular formula is C14H14Br2OS. The van der Waals surface area contributed by atoms with Crippen LogP contribution in [0.5, 0.6) is 5.75 Å². The van der Waals surface area contributed by atoms with Gasteiger partial charge in [-0.3, -0.25) is 0 Å². The van der Waals surface area contributed by atoms with Gasteiger partial charge >= 0.3 is 0 Å². The molecule has 1 aromatic heterocycles. The first-order valence-corrected chi connectivity index (χ1v) is 8.32. The maximum absolute atomic E-state index is 5.70. The van der Waals surface area contributed by atoms with Crippen LogP contribution in [-0.2, 0) is 0 Å². The van der Waals surface area contributed by atoms with Crippen LogP contribution in [-0.4, -0.2) is 6.61 Å². The molecule has 1 nitrogen and oxygen atoms in total. The highest BCUT2D eigenvalue weighted by Crippen LogP contribution is 2.41. The minimum absolute atomic E-state index is 0.177. The van der Waals surface area contributed by atoms with Gasteiger partial charge in [0.15, 0.2) is 0 Å². The van der Waals surface area contributed by atoms with E-state index < -0.39 is 0 Å². The Hall–Kier alpha value is -0.320. The van der Waals surface area contributed by atoms with Crippen LogP contribution < -0.4 is 4.74 Å². The fourth-order valence-electron chi connectivity index (χ4n) is 1.79. The standard InChI is InChI=1S/C14H14Br2OS/c1-3-17-12-5-4-10(15)8-11(12)13(16)14-9(2)6-7-18-14/h4-8,13H,3H2,1-2H3. The molecule has 0 radical (unpaired) electrons. The normalized spacial score (nSPS) is 12.4. The lowest BCUT2D eigenvalue weighted by Crippen LogP contribution is -1.99. The minimum Gasteiger partial charge on any atom is -0.494 e. The molecule has 0 aliphatic rings. The Balaban J connectivity index is 2.43. The summed E-state index contributed by atoms with van der Waals surface area (Å²) in [4.78, 5) is 1.51. The number of halogens is 2. The number of ether oxygens (including phenoxy) is 1. The van der Waals surface area contributed by atoms with Gasteiger partial charge in [-0.05, 0) is 49.1 Å². The van der Waals surface area contributed by atoms with Crippen molar-refractivity contribution < 1.29 is 4.74 Å². The Bertz CT molecular complexity index is 536. The highest BCUT2D eigenvalue weighted by molar-refractivity contribution is 9.10. The van der Waals surface area contributed by atoms with E-state index in [1.54, 1.807) is 11.3 Å². The average molecular weight is 390 g/mol. The van der Waals surface area contributed by atoms with Gasteiger partial charge in [0.05, 0.1) is 11.4 Å². The molecule has 0 saturated carbocycles. The second kappa shape index (κ2) is 6.22. The van der Waals surface area contributed by atoms with E-state index in [0.29, 0.717) is 6.61 Å². The zero-order valence-corrected chi connectivity index (χ0v) is 14.2. The summed E-state index contributed by atoms with van der Waals surface area (Å²) in [6, 6.07) is 8.28. The predicted molar refractivity (Wildman–Crippen MR) is 85.1 cm³/mol. The number of rotatable bonds is 4. The van der Waals surface area contributed by atoms with Crippen molar-refractivity contribution in [3.63, 3.8) is 0 Å². The summed E-state index contributed by atoms with van der Waals surface area (Å²) < 4.78 is 6.77. The van der Waals surface area contributed by atoms with E-state index in [9.17, 15) is 0 Å². The molecule has 1 unspecified atom stereocenters. The van der Waals surface area contributed by atoms with Gasteiger partial charge in [-0.25, -0.2) is 0 Å². The molecule has 18 heavy (non-hydrogen) atoms. The Kier molecular flexibility index (Phi) is 4.87. The van der Waals surface area contributed by atoms with Crippen LogP contribution >= 0.6 is 43.2 Å². The second-order valence-corrected chi connectivity index (χ2v) is 6.72. The van der Waals surface area contributed by atoms with Crippen molar-refractivity contribution in [1.82, 2.24) is 0 Å². The lowest BCUT2D eigenvalue weighted by molar-refractivity contribution is 0.337. The maximum atomic E-state index is 5.70. The predicted octanol–water partition coefficient (Wildman–Crippen LogP) is 5.70. The van der Waals surface area contributed by atoms with Crippen LogP contribution in [0.15, 0.2) is 34.1 Å². The zero-order valence-electron chi connectivity index (χ0n) is 10.2. The van der Waals surface area contributed by atoms with E-state index in [4.69, 9.17) is 4.74 Å². The third-order valence-corrected chi connectivity index (χ3v) is 5.51. The SMILES string of the molecule is CCOc1ccc(Br)cc1C(Br)c1sccc1C. The molecule has 0 aliphatic heterocycles. The molecule has 0 spiro atoms. The van der Waals surface area contributed by atoms with E-state index in [1.165, 1.54) is 10.4 Å². The van der Waals surface area contributed by atoms with Crippen molar-refractivity contribution in [3.8, 4) is 5.75 Å². The Morgan fingerprint density at radius 1 is 1.33 bits per heavy atom. The Morgan fingerprint density at radius 2 is 2.11 bits per heavy atom. The van der Waals surface area contributed by atoms with Gasteiger partial charge in [0.2, 0.25) is 0 Å². The maximum Gasteiger partial charge on any atom is 0.124 e. The van der Waals surface area contributed by atoms with E-state index in [1.807, 2.05) is 19.1 Å². The molecule has 0 N–H and O–H groups in total. The molecule has 1 heterocycles. The molecule has 0 fully saturated rings. The van der Waals surface area contributed by atoms with E-state index in [2.05, 4.69) is 56.3 Å². The van der Waals surface area contributed by atoms with Crippen molar-refractivity contribution >= 4 is 43.2 Å². The van der Waals surface area contributed by atoms with Crippen LogP contribution in [0.1, 0.15) is 27.8 Å². The summed E-state index contributed by atoms with van der Waals surface area (Å²) in [5.74, 6) is 0.940. The van der Waals surface area contributed by atoms with Gasteiger partial charge in [0, 0.05) is 14.9 Å². The van der Waals surface area contributed by atoms with Gasteiger partial charge in [0.25, 0.3) is 0 Å². The molecule has 2 rings (SSSR count). The smallest absolute Gasteiger partial charge is 0.124 e. The summed E-state index contributed by atoms with van der Waals surface area (Å²) >= 11 is 9.08. The lowest BCUT2D eigenvalue weighted by atomic mass is 10.1. The second-order valence-electron chi connectivity index (χ2n) is 3.95. The molecule has 0 amide bonds. The first-order chi connectivity index (χ1) is 8.63. The summed E-state index contributed by atoms with van der Waals surface area (Å²) in [5, 5.41) is 2.12. The Labute approximate surface area is 128 Å². The fraction of sp³-hybridized carbons (Fsp3) is 0.286. The third kappa shape index (κ3) is 2.98. The summed E-state index contributed by atoms with van der Waals surface area (Å²) in [6.07, 6.45) is 0. The van der Waals surface area contributed by atoms with Gasteiger partial charge in [-0.15, -0.1) is 11.3 Å². The molecule has 2 aromatic rings. The summed E-state index contributed by atoms with van der Waals surface area (Å²) in [7, 11) is 0. The van der Waals surface area contributed by atoms with Gasteiger partial charge < -0.3 is 4.74 Å². The number of thiophene rings is 1. The van der Waals surface area contributed by atoms with Gasteiger partial charge in [-0.1, -0.05) is 31.9 Å². The topological polar surface area (TPSA) is 9.23 Å². The van der Waals surface area contributed by atoms with Crippen LogP contribution in [0.2, 0.25) is 0 Å². The zero-order chi connectivity index (χ0) is 13.1. The quantitative estimate of drug-likeness (QED) is 0.609. The number of hydrogen-bond acceptors (Lipinski definition) is 2. The minimum atomic E-state index is 0.177. The molecule has 0 aliphatic carbocycles. The molecule has 0 bridgehead atoms. The largest absolute Gasteiger partial charge is 0.494 e. The first kappa shape index (κ1) is 14.1. The van der Waals surface area contributed by atoms with Crippen LogP contribution in [0, 0.1) is 6.92 Å². The third-order valence-electron chi connectivity index (χ3n) is 2.68. The average Bonchev–Trinajstić information content (AvgIpc) is 2.77. The number of benzene rings is 1. The van der Waals surface area contributed by atoms with E-state index >= 15 is 0 Å². The molecular weight excluding hydrogens is 376 g/mol. The highest BCUT2D eigenvalue weighted by Gasteiger charge is 2.18. The molecule has 4 heteroatoms. The number of aryl methyl sites for hydroxylation is 1. The highest BCUT2D eigenvalue weighted by atomic mass is 79.9. The van der Waals surface area contributed by atoms with Crippen molar-refractivity contribution in [2.45, 2.75) is 18.7 Å². The van der Waals surface area contributed by atoms with Gasteiger partial charge in [-0.2, -0.15) is 0 Å². The molecule has 1 atom stereocenters. The van der Waals surface area contributed by atoms with Crippen LogP contribution in [0.3, 0.4) is 0 Å². The van der Waals surface area contributed by atoms with E-state index in [-0.39, 0.29) is 4.83 Å². The summed E-state index contributed by atoms with van der Waals surface area (Å²) in [6.45, 7) is 4.82. The first-order valence-electron chi connectivity index (χ1n) is 5.73. The molecule has 1 aromatic carbocycles. The Morgan fingerprint density at radius 3 is 2.72 bits per heavy atom. The number of hydrogen-bond donors (Lipinski definition) is 0. The lowest BCUT2D eigenvalue weighted by Gasteiger charge is -2.15. The number of alkyl halides is 1. The molecule has 0 saturated heterocycles. The summed E-state index contributed by atoms with van der Waals surface area (Å²) in [5.41, 5.74) is 2.47. The monoisotopic (exact) mass is 388 g/mol. The van der Waals surface area contributed by atoms with Crippen molar-refractivity contribution in [1.29, 1.82) is 0 Å². The van der Waals surface area contributed by atoms with Gasteiger partial charge in [0.1, 0.15) is 5.75 Å². The van der Waals surface area contributed by atoms with Crippen molar-refractivity contribution in [2.75, 3.05) is 6.61 Å². The van der Waals surface area contributed by atoms with Crippen molar-refractivity contribution in [3.05, 3.63) is 50.1 Å². The van der Waals surface area contributed by atoms with Crippen LogP contribution in [0.25, 0.3) is 0 Å². The van der Waals surface area contributed by atoms with E-state index in [0.717, 1.165) is 15.8 Å².